The summed E-state index contributed by atoms with van der Waals surface area (Å²) in [7, 11) is 0. The number of hydrogen-bond acceptors (Lipinski definition) is 0. The Morgan fingerprint density at radius 1 is 0.583 bits per heavy atom. The highest BCUT2D eigenvalue weighted by Crippen LogP contribution is 1.98. The van der Waals surface area contributed by atoms with Crippen LogP contribution in [0.25, 0.3) is 0 Å². The maximum atomic E-state index is 2.24. The average molecular weight is 159 g/mol. The third kappa shape index (κ3) is 4.73. The van der Waals surface area contributed by atoms with Gasteiger partial charge in [0.15, 0.2) is 0 Å². The zero-order valence-corrected chi connectivity index (χ0v) is 7.32. The fraction of sp³-hybridized carbons (Fsp3) is 0.250. The molecule has 0 aliphatic heterocycles. The van der Waals surface area contributed by atoms with Crippen molar-refractivity contribution in [2.75, 3.05) is 0 Å². The fourth-order valence-electron chi connectivity index (χ4n) is 1.01. The Kier molecular flexibility index (Phi) is 5.02. The summed E-state index contributed by atoms with van der Waals surface area (Å²) < 4.78 is 0. The third-order valence-electron chi connectivity index (χ3n) is 1.66. The highest BCUT2D eigenvalue weighted by atomic mass is 13.8. The molecule has 0 saturated carbocycles. The van der Waals surface area contributed by atoms with Gasteiger partial charge in [-0.1, -0.05) is 48.6 Å². The van der Waals surface area contributed by atoms with Crippen LogP contribution in [0.4, 0.5) is 0 Å². The Balaban J connectivity index is 2.41. The molecule has 0 unspecified atom stereocenters. The smallest absolute Gasteiger partial charge is 0.00474 e. The van der Waals surface area contributed by atoms with Crippen LogP contribution in [0.3, 0.4) is 0 Å². The standard InChI is InChI=1S/C12H15/c1-2-4-6-8-10-12-11-9-7-5-3-1/h1-7,10,12H,8-9,11H2/b3-1+,6-4-,7-5-,12-10-. The van der Waals surface area contributed by atoms with Gasteiger partial charge >= 0.3 is 0 Å². The van der Waals surface area contributed by atoms with Crippen LogP contribution in [0.2, 0.25) is 0 Å². The molecule has 1 aliphatic rings. The summed E-state index contributed by atoms with van der Waals surface area (Å²) in [5.74, 6) is 0. The lowest BCUT2D eigenvalue weighted by molar-refractivity contribution is 1.04. The second-order valence-corrected chi connectivity index (χ2v) is 2.72. The first kappa shape index (κ1) is 9.05. The minimum Gasteiger partial charge on any atom is -0.0879 e. The molecule has 1 rings (SSSR count). The Hall–Kier alpha value is -1.04. The topological polar surface area (TPSA) is 0 Å². The van der Waals surface area contributed by atoms with Gasteiger partial charge in [-0.15, -0.1) is 0 Å². The lowest BCUT2D eigenvalue weighted by atomic mass is 10.2. The van der Waals surface area contributed by atoms with Crippen LogP contribution >= 0.6 is 0 Å². The van der Waals surface area contributed by atoms with E-state index in [-0.39, 0.29) is 0 Å². The van der Waals surface area contributed by atoms with Crippen molar-refractivity contribution < 1.29 is 0 Å². The van der Waals surface area contributed by atoms with Crippen LogP contribution in [0.1, 0.15) is 19.3 Å². The highest BCUT2D eigenvalue weighted by Gasteiger charge is 1.77. The second-order valence-electron chi connectivity index (χ2n) is 2.72. The SMILES string of the molecule is [CH]1/C=C\C/C=C\CC/C=C\C=C\1. The van der Waals surface area contributed by atoms with E-state index in [1.54, 1.807) is 0 Å². The van der Waals surface area contributed by atoms with Crippen molar-refractivity contribution in [2.45, 2.75) is 19.3 Å². The summed E-state index contributed by atoms with van der Waals surface area (Å²) in [5.41, 5.74) is 0. The summed E-state index contributed by atoms with van der Waals surface area (Å²) in [4.78, 5) is 0. The maximum Gasteiger partial charge on any atom is 0.00474 e. The van der Waals surface area contributed by atoms with E-state index in [1.807, 2.05) is 0 Å². The Morgan fingerprint density at radius 2 is 1.50 bits per heavy atom. The molecule has 0 spiro atoms. The van der Waals surface area contributed by atoms with Gasteiger partial charge in [0.25, 0.3) is 0 Å². The van der Waals surface area contributed by atoms with Crippen LogP contribution < -0.4 is 0 Å². The molecule has 0 atom stereocenters. The van der Waals surface area contributed by atoms with Crippen LogP contribution in [-0.4, -0.2) is 0 Å². The summed E-state index contributed by atoms with van der Waals surface area (Å²) in [6.07, 6.45) is 22.5. The molecule has 63 valence electrons. The number of allylic oxidation sites excluding steroid dienone is 8. The van der Waals surface area contributed by atoms with Crippen molar-refractivity contribution in [1.29, 1.82) is 0 Å². The van der Waals surface area contributed by atoms with E-state index < -0.39 is 0 Å². The molecule has 0 heteroatoms. The van der Waals surface area contributed by atoms with Crippen LogP contribution in [0.15, 0.2) is 48.6 Å². The van der Waals surface area contributed by atoms with Crippen molar-refractivity contribution in [1.82, 2.24) is 0 Å². The van der Waals surface area contributed by atoms with Gasteiger partial charge in [0.05, 0.1) is 0 Å². The van der Waals surface area contributed by atoms with Gasteiger partial charge in [-0.2, -0.15) is 0 Å². The molecule has 0 bridgehead atoms. The summed E-state index contributed by atoms with van der Waals surface area (Å²) in [6, 6.07) is 0. The number of rotatable bonds is 0. The van der Waals surface area contributed by atoms with Crippen molar-refractivity contribution in [3.63, 3.8) is 0 Å². The van der Waals surface area contributed by atoms with Gasteiger partial charge in [0.1, 0.15) is 0 Å². The van der Waals surface area contributed by atoms with E-state index in [1.165, 1.54) is 0 Å². The van der Waals surface area contributed by atoms with Gasteiger partial charge in [-0.25, -0.2) is 0 Å². The first-order valence-corrected chi connectivity index (χ1v) is 4.47. The van der Waals surface area contributed by atoms with Crippen molar-refractivity contribution in [3.8, 4) is 0 Å². The molecule has 0 saturated heterocycles. The van der Waals surface area contributed by atoms with Gasteiger partial charge < -0.3 is 0 Å². The lowest BCUT2D eigenvalue weighted by Crippen LogP contribution is -1.67. The molecule has 0 aromatic heterocycles. The van der Waals surface area contributed by atoms with E-state index >= 15 is 0 Å². The molecular weight excluding hydrogens is 144 g/mol. The van der Waals surface area contributed by atoms with Crippen LogP contribution in [-0.2, 0) is 0 Å². The molecular formula is C12H15. The van der Waals surface area contributed by atoms with Crippen molar-refractivity contribution >= 4 is 0 Å². The third-order valence-corrected chi connectivity index (χ3v) is 1.66. The predicted molar refractivity (Wildman–Crippen MR) is 54.7 cm³/mol. The first-order chi connectivity index (χ1) is 6.00. The van der Waals surface area contributed by atoms with Gasteiger partial charge in [-0.3, -0.25) is 0 Å². The van der Waals surface area contributed by atoms with E-state index in [2.05, 4.69) is 55.0 Å². The Labute approximate surface area is 75.0 Å². The Bertz CT molecular complexity index is 204. The predicted octanol–water partition coefficient (Wildman–Crippen LogP) is 3.60. The molecule has 0 aromatic carbocycles. The molecule has 12 heavy (non-hydrogen) atoms. The quantitative estimate of drug-likeness (QED) is 0.474. The molecule has 1 radical (unpaired) electrons. The molecule has 0 aromatic rings. The zero-order valence-electron chi connectivity index (χ0n) is 7.32. The second kappa shape index (κ2) is 6.66. The molecule has 0 N–H and O–H groups in total. The van der Waals surface area contributed by atoms with E-state index in [4.69, 9.17) is 0 Å². The molecule has 0 amide bonds. The highest BCUT2D eigenvalue weighted by molar-refractivity contribution is 5.15. The summed E-state index contributed by atoms with van der Waals surface area (Å²) in [6.45, 7) is 0. The molecule has 1 aliphatic carbocycles. The van der Waals surface area contributed by atoms with Gasteiger partial charge in [0, 0.05) is 6.42 Å². The molecule has 0 heterocycles. The molecule has 0 nitrogen and oxygen atoms in total. The van der Waals surface area contributed by atoms with Crippen molar-refractivity contribution in [3.05, 3.63) is 55.0 Å². The van der Waals surface area contributed by atoms with Crippen LogP contribution in [0.5, 0.6) is 0 Å². The zero-order chi connectivity index (χ0) is 8.49. The van der Waals surface area contributed by atoms with E-state index in [9.17, 15) is 0 Å². The Morgan fingerprint density at radius 3 is 2.50 bits per heavy atom. The maximum absolute atomic E-state index is 2.24. The van der Waals surface area contributed by atoms with Crippen molar-refractivity contribution in [2.24, 2.45) is 0 Å². The van der Waals surface area contributed by atoms with Gasteiger partial charge in [0.2, 0.25) is 0 Å². The average Bonchev–Trinajstić information content (AvgIpc) is 2.05. The monoisotopic (exact) mass is 159 g/mol. The molecule has 0 fully saturated rings. The minimum absolute atomic E-state index is 1.05. The van der Waals surface area contributed by atoms with E-state index in [0.29, 0.717) is 0 Å². The van der Waals surface area contributed by atoms with Crippen LogP contribution in [0, 0.1) is 6.42 Å². The lowest BCUT2D eigenvalue weighted by Gasteiger charge is -1.87. The first-order valence-electron chi connectivity index (χ1n) is 4.47. The summed E-state index contributed by atoms with van der Waals surface area (Å²) >= 11 is 0. The summed E-state index contributed by atoms with van der Waals surface area (Å²) in [5, 5.41) is 0. The fourth-order valence-corrected chi connectivity index (χ4v) is 1.01. The van der Waals surface area contributed by atoms with E-state index in [0.717, 1.165) is 19.3 Å². The minimum atomic E-state index is 1.05. The number of hydrogen-bond donors (Lipinski definition) is 0. The van der Waals surface area contributed by atoms with Gasteiger partial charge in [-0.05, 0) is 19.3 Å². The normalized spacial score (nSPS) is 29.3. The largest absolute Gasteiger partial charge is 0.0879 e.